The SMILES string of the molecule is C=CS(=O)(=O)NC1CCOc2cc(F)cc(F)c21. The summed E-state index contributed by atoms with van der Waals surface area (Å²) in [4.78, 5) is 0. The Morgan fingerprint density at radius 1 is 1.44 bits per heavy atom. The van der Waals surface area contributed by atoms with Crippen LogP contribution < -0.4 is 9.46 Å². The molecule has 0 spiro atoms. The van der Waals surface area contributed by atoms with E-state index in [1.165, 1.54) is 0 Å². The molecule has 1 N–H and O–H groups in total. The van der Waals surface area contributed by atoms with Gasteiger partial charge in [0.05, 0.1) is 12.6 Å². The van der Waals surface area contributed by atoms with Crippen LogP contribution in [0.3, 0.4) is 0 Å². The van der Waals surface area contributed by atoms with Crippen molar-refractivity contribution in [2.75, 3.05) is 6.61 Å². The van der Waals surface area contributed by atoms with Gasteiger partial charge in [-0.25, -0.2) is 21.9 Å². The van der Waals surface area contributed by atoms with Crippen molar-refractivity contribution < 1.29 is 21.9 Å². The molecule has 1 aliphatic rings. The molecule has 98 valence electrons. The van der Waals surface area contributed by atoms with E-state index in [9.17, 15) is 17.2 Å². The van der Waals surface area contributed by atoms with E-state index < -0.39 is 27.7 Å². The number of hydrogen-bond donors (Lipinski definition) is 1. The van der Waals surface area contributed by atoms with Gasteiger partial charge in [0.15, 0.2) is 0 Å². The van der Waals surface area contributed by atoms with Gasteiger partial charge in [0, 0.05) is 29.5 Å². The summed E-state index contributed by atoms with van der Waals surface area (Å²) in [5.74, 6) is -1.57. The van der Waals surface area contributed by atoms with Gasteiger partial charge in [0.25, 0.3) is 0 Å². The monoisotopic (exact) mass is 275 g/mol. The fraction of sp³-hybridized carbons (Fsp3) is 0.273. The number of sulfonamides is 1. The van der Waals surface area contributed by atoms with Crippen LogP contribution in [0, 0.1) is 11.6 Å². The molecule has 1 aliphatic heterocycles. The molecule has 0 bridgehead atoms. The predicted octanol–water partition coefficient (Wildman–Crippen LogP) is 1.85. The first-order valence-electron chi connectivity index (χ1n) is 5.19. The molecular weight excluding hydrogens is 264 g/mol. The zero-order valence-corrected chi connectivity index (χ0v) is 10.1. The first-order chi connectivity index (χ1) is 8.43. The maximum Gasteiger partial charge on any atom is 0.233 e. The van der Waals surface area contributed by atoms with Crippen molar-refractivity contribution in [3.8, 4) is 5.75 Å². The van der Waals surface area contributed by atoms with E-state index in [1.54, 1.807) is 0 Å². The third kappa shape index (κ3) is 2.51. The van der Waals surface area contributed by atoms with Crippen LogP contribution in [0.15, 0.2) is 24.1 Å². The van der Waals surface area contributed by atoms with Crippen LogP contribution in [0.1, 0.15) is 18.0 Å². The van der Waals surface area contributed by atoms with E-state index >= 15 is 0 Å². The Bertz CT molecular complexity index is 586. The molecule has 0 radical (unpaired) electrons. The molecule has 0 saturated heterocycles. The van der Waals surface area contributed by atoms with Gasteiger partial charge < -0.3 is 4.74 Å². The molecule has 0 aliphatic carbocycles. The molecule has 4 nitrogen and oxygen atoms in total. The molecular formula is C11H11F2NO3S. The Balaban J connectivity index is 2.42. The largest absolute Gasteiger partial charge is 0.493 e. The summed E-state index contributed by atoms with van der Waals surface area (Å²) in [7, 11) is -3.69. The highest BCUT2D eigenvalue weighted by Gasteiger charge is 2.28. The quantitative estimate of drug-likeness (QED) is 0.916. The lowest BCUT2D eigenvalue weighted by Crippen LogP contribution is -2.31. The average molecular weight is 275 g/mol. The number of rotatable bonds is 3. The Morgan fingerprint density at radius 3 is 2.83 bits per heavy atom. The molecule has 1 aromatic rings. The summed E-state index contributed by atoms with van der Waals surface area (Å²) < 4.78 is 56.9. The summed E-state index contributed by atoms with van der Waals surface area (Å²) in [6.07, 6.45) is 0.266. The summed E-state index contributed by atoms with van der Waals surface area (Å²) in [6, 6.07) is 0.951. The van der Waals surface area contributed by atoms with E-state index in [4.69, 9.17) is 4.74 Å². The van der Waals surface area contributed by atoms with Crippen LogP contribution in [0.4, 0.5) is 8.78 Å². The second-order valence-electron chi connectivity index (χ2n) is 3.82. The van der Waals surface area contributed by atoms with E-state index in [1.807, 2.05) is 0 Å². The molecule has 18 heavy (non-hydrogen) atoms. The minimum Gasteiger partial charge on any atom is -0.493 e. The van der Waals surface area contributed by atoms with Crippen LogP contribution >= 0.6 is 0 Å². The van der Waals surface area contributed by atoms with E-state index in [0.717, 1.165) is 11.5 Å². The average Bonchev–Trinajstić information content (AvgIpc) is 2.27. The highest BCUT2D eigenvalue weighted by Crippen LogP contribution is 2.35. The molecule has 0 fully saturated rings. The molecule has 1 unspecified atom stereocenters. The van der Waals surface area contributed by atoms with Gasteiger partial charge >= 0.3 is 0 Å². The van der Waals surface area contributed by atoms with Gasteiger partial charge in [-0.15, -0.1) is 0 Å². The third-order valence-electron chi connectivity index (χ3n) is 2.59. The van der Waals surface area contributed by atoms with Crippen LogP contribution in [-0.2, 0) is 10.0 Å². The highest BCUT2D eigenvalue weighted by atomic mass is 32.2. The van der Waals surface area contributed by atoms with Gasteiger partial charge in [0.2, 0.25) is 10.0 Å². The molecule has 1 heterocycles. The Morgan fingerprint density at radius 2 is 2.17 bits per heavy atom. The summed E-state index contributed by atoms with van der Waals surface area (Å²) in [5, 5.41) is 0.740. The van der Waals surface area contributed by atoms with E-state index in [-0.39, 0.29) is 24.3 Å². The Kier molecular flexibility index (Phi) is 3.36. The topological polar surface area (TPSA) is 55.4 Å². The molecule has 7 heteroatoms. The Labute approximate surface area is 103 Å². The molecule has 2 rings (SSSR count). The lowest BCUT2D eigenvalue weighted by atomic mass is 10.0. The van der Waals surface area contributed by atoms with Gasteiger partial charge in [-0.05, 0) is 0 Å². The van der Waals surface area contributed by atoms with Gasteiger partial charge in [-0.3, -0.25) is 0 Å². The van der Waals surface area contributed by atoms with Crippen molar-refractivity contribution in [1.82, 2.24) is 4.72 Å². The fourth-order valence-corrected chi connectivity index (χ4v) is 2.54. The second-order valence-corrected chi connectivity index (χ2v) is 5.48. The van der Waals surface area contributed by atoms with Gasteiger partial charge in [-0.2, -0.15) is 0 Å². The smallest absolute Gasteiger partial charge is 0.233 e. The molecule has 0 amide bonds. The first-order valence-corrected chi connectivity index (χ1v) is 6.74. The molecule has 0 saturated carbocycles. The number of halogens is 2. The number of fused-ring (bicyclic) bond motifs is 1. The first kappa shape index (κ1) is 13.0. The predicted molar refractivity (Wildman–Crippen MR) is 61.5 cm³/mol. The van der Waals surface area contributed by atoms with Crippen molar-refractivity contribution in [1.29, 1.82) is 0 Å². The molecule has 1 atom stereocenters. The van der Waals surface area contributed by atoms with Gasteiger partial charge in [0.1, 0.15) is 17.4 Å². The maximum absolute atomic E-state index is 13.7. The van der Waals surface area contributed by atoms with Crippen LogP contribution in [0.25, 0.3) is 0 Å². The standard InChI is InChI=1S/C11H11F2NO3S/c1-2-18(15,16)14-9-3-4-17-10-6-7(12)5-8(13)11(9)10/h2,5-6,9,14H,1,3-4H2. The number of hydrogen-bond acceptors (Lipinski definition) is 3. The van der Waals surface area contributed by atoms with Crippen LogP contribution in [0.5, 0.6) is 5.75 Å². The van der Waals surface area contributed by atoms with Crippen molar-refractivity contribution in [3.63, 3.8) is 0 Å². The minimum atomic E-state index is -3.69. The maximum atomic E-state index is 13.7. The fourth-order valence-electron chi connectivity index (χ4n) is 1.81. The normalized spacial score (nSPS) is 18.9. The lowest BCUT2D eigenvalue weighted by molar-refractivity contribution is 0.256. The van der Waals surface area contributed by atoms with Gasteiger partial charge in [-0.1, -0.05) is 6.58 Å². The minimum absolute atomic E-state index is 0.0214. The lowest BCUT2D eigenvalue weighted by Gasteiger charge is -2.26. The molecule has 0 aromatic heterocycles. The van der Waals surface area contributed by atoms with Crippen molar-refractivity contribution in [3.05, 3.63) is 41.3 Å². The summed E-state index contributed by atoms with van der Waals surface area (Å²) >= 11 is 0. The van der Waals surface area contributed by atoms with Crippen LogP contribution in [0.2, 0.25) is 0 Å². The second kappa shape index (κ2) is 4.66. The van der Waals surface area contributed by atoms with Crippen LogP contribution in [-0.4, -0.2) is 15.0 Å². The summed E-state index contributed by atoms with van der Waals surface area (Å²) in [6.45, 7) is 3.34. The van der Waals surface area contributed by atoms with E-state index in [2.05, 4.69) is 11.3 Å². The number of benzene rings is 1. The zero-order valence-electron chi connectivity index (χ0n) is 9.32. The highest BCUT2D eigenvalue weighted by molar-refractivity contribution is 7.92. The zero-order chi connectivity index (χ0) is 13.3. The van der Waals surface area contributed by atoms with Crippen molar-refractivity contribution >= 4 is 10.0 Å². The molecule has 1 aromatic carbocycles. The van der Waals surface area contributed by atoms with Crippen molar-refractivity contribution in [2.24, 2.45) is 0 Å². The Hall–Kier alpha value is -1.47. The number of nitrogens with one attached hydrogen (secondary N) is 1. The number of ether oxygens (including phenoxy) is 1. The third-order valence-corrected chi connectivity index (χ3v) is 3.65. The summed E-state index contributed by atoms with van der Waals surface area (Å²) in [5.41, 5.74) is 0.0214. The van der Waals surface area contributed by atoms with E-state index in [0.29, 0.717) is 6.07 Å². The van der Waals surface area contributed by atoms with Crippen molar-refractivity contribution in [2.45, 2.75) is 12.5 Å².